The van der Waals surface area contributed by atoms with Crippen molar-refractivity contribution in [3.8, 4) is 0 Å². The Morgan fingerprint density at radius 3 is 2.54 bits per heavy atom. The van der Waals surface area contributed by atoms with Crippen molar-refractivity contribution in [2.24, 2.45) is 0 Å². The van der Waals surface area contributed by atoms with Crippen LogP contribution in [0, 0.1) is 0 Å². The van der Waals surface area contributed by atoms with Crippen LogP contribution in [0.5, 0.6) is 0 Å². The molecule has 0 aromatic carbocycles. The SMILES string of the molecule is CS(=O)(=O)C1CC(F)=C(O)C=C1F. The molecule has 0 fully saturated rings. The van der Waals surface area contributed by atoms with Gasteiger partial charge in [-0.1, -0.05) is 0 Å². The molecule has 74 valence electrons. The van der Waals surface area contributed by atoms with E-state index in [0.29, 0.717) is 6.08 Å². The van der Waals surface area contributed by atoms with E-state index in [2.05, 4.69) is 0 Å². The maximum atomic E-state index is 12.9. The number of halogens is 2. The highest BCUT2D eigenvalue weighted by molar-refractivity contribution is 7.91. The Balaban J connectivity index is 3.08. The molecule has 1 aliphatic rings. The van der Waals surface area contributed by atoms with Gasteiger partial charge in [0.15, 0.2) is 9.84 Å². The molecular formula is C7H8F2O3S. The molecule has 1 rings (SSSR count). The number of hydrogen-bond acceptors (Lipinski definition) is 3. The van der Waals surface area contributed by atoms with Gasteiger partial charge in [0, 0.05) is 18.8 Å². The maximum Gasteiger partial charge on any atom is 0.157 e. The van der Waals surface area contributed by atoms with E-state index in [1.54, 1.807) is 0 Å². The summed E-state index contributed by atoms with van der Waals surface area (Å²) < 4.78 is 47.4. The predicted octanol–water partition coefficient (Wildman–Crippen LogP) is 1.40. The van der Waals surface area contributed by atoms with Crippen LogP contribution in [0.2, 0.25) is 0 Å². The van der Waals surface area contributed by atoms with Gasteiger partial charge >= 0.3 is 0 Å². The van der Waals surface area contributed by atoms with Gasteiger partial charge in [0.1, 0.15) is 22.7 Å². The lowest BCUT2D eigenvalue weighted by atomic mass is 10.1. The molecule has 6 heteroatoms. The van der Waals surface area contributed by atoms with Crippen molar-refractivity contribution >= 4 is 9.84 Å². The van der Waals surface area contributed by atoms with Gasteiger partial charge in [0.25, 0.3) is 0 Å². The quantitative estimate of drug-likeness (QED) is 0.711. The largest absolute Gasteiger partial charge is 0.505 e. The molecule has 3 nitrogen and oxygen atoms in total. The van der Waals surface area contributed by atoms with Crippen LogP contribution in [0.1, 0.15) is 6.42 Å². The molecule has 0 spiro atoms. The topological polar surface area (TPSA) is 54.4 Å². The fourth-order valence-corrected chi connectivity index (χ4v) is 1.95. The zero-order chi connectivity index (χ0) is 10.2. The summed E-state index contributed by atoms with van der Waals surface area (Å²) in [5.74, 6) is -2.87. The van der Waals surface area contributed by atoms with E-state index < -0.39 is 38.9 Å². The first-order chi connectivity index (χ1) is 5.82. The first-order valence-electron chi connectivity index (χ1n) is 3.46. The number of allylic oxidation sites excluding steroid dienone is 2. The van der Waals surface area contributed by atoms with Crippen LogP contribution in [-0.4, -0.2) is 25.0 Å². The molecule has 0 heterocycles. The molecule has 0 radical (unpaired) electrons. The molecule has 0 aliphatic heterocycles. The van der Waals surface area contributed by atoms with Crippen molar-refractivity contribution in [2.75, 3.05) is 6.26 Å². The number of sulfone groups is 1. The maximum absolute atomic E-state index is 12.9. The minimum atomic E-state index is -3.66. The monoisotopic (exact) mass is 210 g/mol. The summed E-state index contributed by atoms with van der Waals surface area (Å²) in [6, 6.07) is 0. The Morgan fingerprint density at radius 1 is 1.54 bits per heavy atom. The molecule has 0 saturated carbocycles. The van der Waals surface area contributed by atoms with Crippen molar-refractivity contribution in [3.63, 3.8) is 0 Å². The Labute approximate surface area is 74.3 Å². The average Bonchev–Trinajstić information content (AvgIpc) is 1.94. The second-order valence-corrected chi connectivity index (χ2v) is 5.07. The van der Waals surface area contributed by atoms with Gasteiger partial charge in [-0.25, -0.2) is 17.2 Å². The minimum absolute atomic E-state index is 0.491. The molecular weight excluding hydrogens is 202 g/mol. The van der Waals surface area contributed by atoms with Crippen molar-refractivity contribution in [3.05, 3.63) is 23.5 Å². The highest BCUT2D eigenvalue weighted by atomic mass is 32.2. The minimum Gasteiger partial charge on any atom is -0.505 e. The van der Waals surface area contributed by atoms with Gasteiger partial charge in [-0.2, -0.15) is 0 Å². The summed E-state index contributed by atoms with van der Waals surface area (Å²) >= 11 is 0. The molecule has 13 heavy (non-hydrogen) atoms. The van der Waals surface area contributed by atoms with Crippen LogP contribution in [0.3, 0.4) is 0 Å². The van der Waals surface area contributed by atoms with Crippen molar-refractivity contribution in [1.29, 1.82) is 0 Å². The van der Waals surface area contributed by atoms with Gasteiger partial charge in [-0.15, -0.1) is 0 Å². The second-order valence-electron chi connectivity index (χ2n) is 2.84. The Hall–Kier alpha value is -0.910. The normalized spacial score (nSPS) is 24.5. The highest BCUT2D eigenvalue weighted by Crippen LogP contribution is 2.28. The molecule has 0 aromatic rings. The van der Waals surface area contributed by atoms with Crippen LogP contribution in [0.4, 0.5) is 8.78 Å². The van der Waals surface area contributed by atoms with Gasteiger partial charge < -0.3 is 5.11 Å². The third kappa shape index (κ3) is 2.06. The van der Waals surface area contributed by atoms with Crippen LogP contribution < -0.4 is 0 Å². The number of hydrogen-bond donors (Lipinski definition) is 1. The predicted molar refractivity (Wildman–Crippen MR) is 43.2 cm³/mol. The molecule has 1 atom stereocenters. The lowest BCUT2D eigenvalue weighted by molar-refractivity contribution is 0.375. The van der Waals surface area contributed by atoms with Crippen LogP contribution >= 0.6 is 0 Å². The zero-order valence-electron chi connectivity index (χ0n) is 6.79. The van der Waals surface area contributed by atoms with Crippen LogP contribution in [0.25, 0.3) is 0 Å². The van der Waals surface area contributed by atoms with Crippen molar-refractivity contribution in [1.82, 2.24) is 0 Å². The summed E-state index contributed by atoms with van der Waals surface area (Å²) in [6.07, 6.45) is 0.679. The third-order valence-electron chi connectivity index (χ3n) is 1.74. The molecule has 0 saturated heterocycles. The summed E-state index contributed by atoms with van der Waals surface area (Å²) in [5, 5.41) is 7.23. The van der Waals surface area contributed by atoms with E-state index in [-0.39, 0.29) is 0 Å². The van der Waals surface area contributed by atoms with Crippen LogP contribution in [0.15, 0.2) is 23.5 Å². The molecule has 0 bridgehead atoms. The Kier molecular flexibility index (Phi) is 2.42. The summed E-state index contributed by atoms with van der Waals surface area (Å²) in [6.45, 7) is 0. The Bertz CT molecular complexity index is 381. The molecule has 0 amide bonds. The van der Waals surface area contributed by atoms with E-state index in [4.69, 9.17) is 5.11 Å². The first kappa shape index (κ1) is 10.2. The smallest absolute Gasteiger partial charge is 0.157 e. The van der Waals surface area contributed by atoms with E-state index in [1.165, 1.54) is 0 Å². The van der Waals surface area contributed by atoms with E-state index in [0.717, 1.165) is 6.26 Å². The van der Waals surface area contributed by atoms with Gasteiger partial charge in [0.2, 0.25) is 0 Å². The standard InChI is InChI=1S/C7H8F2O3S/c1-13(11,12)7-3-4(8)6(10)2-5(7)9/h2,7,10H,3H2,1H3. The van der Waals surface area contributed by atoms with Gasteiger partial charge in [0.05, 0.1) is 0 Å². The van der Waals surface area contributed by atoms with E-state index in [1.807, 2.05) is 0 Å². The number of rotatable bonds is 1. The lowest BCUT2D eigenvalue weighted by Crippen LogP contribution is -2.23. The highest BCUT2D eigenvalue weighted by Gasteiger charge is 2.31. The van der Waals surface area contributed by atoms with Crippen LogP contribution in [-0.2, 0) is 9.84 Å². The average molecular weight is 210 g/mol. The summed E-state index contributed by atoms with van der Waals surface area (Å²) in [4.78, 5) is 0. The van der Waals surface area contributed by atoms with E-state index in [9.17, 15) is 17.2 Å². The molecule has 0 aromatic heterocycles. The molecule has 1 unspecified atom stereocenters. The lowest BCUT2D eigenvalue weighted by Gasteiger charge is -2.16. The van der Waals surface area contributed by atoms with Crippen molar-refractivity contribution in [2.45, 2.75) is 11.7 Å². The number of aliphatic hydroxyl groups is 1. The summed E-state index contributed by atoms with van der Waals surface area (Å²) in [5.41, 5.74) is 0. The van der Waals surface area contributed by atoms with Crippen molar-refractivity contribution < 1.29 is 22.3 Å². The number of aliphatic hydroxyl groups excluding tert-OH is 1. The van der Waals surface area contributed by atoms with Gasteiger partial charge in [-0.3, -0.25) is 0 Å². The molecule has 1 aliphatic carbocycles. The Morgan fingerprint density at radius 2 is 2.08 bits per heavy atom. The third-order valence-corrected chi connectivity index (χ3v) is 3.17. The fraction of sp³-hybridized carbons (Fsp3) is 0.429. The second kappa shape index (κ2) is 3.10. The zero-order valence-corrected chi connectivity index (χ0v) is 7.61. The first-order valence-corrected chi connectivity index (χ1v) is 5.41. The molecule has 1 N–H and O–H groups in total. The summed E-state index contributed by atoms with van der Waals surface area (Å²) in [7, 11) is -3.66. The van der Waals surface area contributed by atoms with E-state index >= 15 is 0 Å². The van der Waals surface area contributed by atoms with Gasteiger partial charge in [-0.05, 0) is 0 Å². The fourth-order valence-electron chi connectivity index (χ4n) is 1.02.